The van der Waals surface area contributed by atoms with Crippen LogP contribution < -0.4 is 0 Å². The standard InChI is InChI=1S/C39H28Br2O2/c1-25-32(27-12-6-3-7-13-27)16-9-17-33(25)39(43)35-21-19-30(40)23-36(35)38(42,34-20-18-31(41)24-37(34)39)29-15-8-14-28(22-29)26-10-4-2-5-11-26/h2-24,42-43H,1H3/i2D,3D,4D,5D,6D,7D,8D,9D,10D,11D,12D,13D,14D,15D,16D,17D,22D. The van der Waals surface area contributed by atoms with Crippen LogP contribution >= 0.6 is 31.9 Å². The van der Waals surface area contributed by atoms with Crippen molar-refractivity contribution in [1.29, 1.82) is 0 Å². The van der Waals surface area contributed by atoms with Gasteiger partial charge in [0.05, 0.1) is 23.3 Å². The monoisotopic (exact) mass is 703 g/mol. The lowest BCUT2D eigenvalue weighted by Gasteiger charge is -2.46. The van der Waals surface area contributed by atoms with Crippen LogP contribution in [0.25, 0.3) is 22.3 Å². The Hall–Kier alpha value is -3.80. The molecule has 0 amide bonds. The van der Waals surface area contributed by atoms with Gasteiger partial charge in [0.1, 0.15) is 11.2 Å². The molecule has 2 atom stereocenters. The van der Waals surface area contributed by atoms with E-state index in [2.05, 4.69) is 31.9 Å². The molecule has 7 rings (SSSR count). The third-order valence-electron chi connectivity index (χ3n) is 7.50. The Labute approximate surface area is 292 Å². The first-order valence-corrected chi connectivity index (χ1v) is 14.4. The summed E-state index contributed by atoms with van der Waals surface area (Å²) in [6.07, 6.45) is 0. The second-order valence-corrected chi connectivity index (χ2v) is 11.6. The maximum Gasteiger partial charge on any atom is 0.141 e. The highest BCUT2D eigenvalue weighted by Gasteiger charge is 2.51. The van der Waals surface area contributed by atoms with Gasteiger partial charge in [-0.3, -0.25) is 0 Å². The maximum atomic E-state index is 13.5. The van der Waals surface area contributed by atoms with Crippen LogP contribution in [0.1, 0.15) is 62.2 Å². The van der Waals surface area contributed by atoms with Gasteiger partial charge in [-0.25, -0.2) is 0 Å². The highest BCUT2D eigenvalue weighted by molar-refractivity contribution is 9.10. The summed E-state index contributed by atoms with van der Waals surface area (Å²) in [5, 5.41) is 27.0. The Morgan fingerprint density at radius 1 is 0.535 bits per heavy atom. The minimum absolute atomic E-state index is 0.134. The Morgan fingerprint density at radius 2 is 1.07 bits per heavy atom. The minimum atomic E-state index is -2.73. The first-order valence-electron chi connectivity index (χ1n) is 21.3. The maximum absolute atomic E-state index is 13.5. The Kier molecular flexibility index (Phi) is 3.69. The number of hydrogen-bond acceptors (Lipinski definition) is 2. The van der Waals surface area contributed by atoms with Crippen molar-refractivity contribution in [2.24, 2.45) is 0 Å². The van der Waals surface area contributed by atoms with E-state index >= 15 is 0 Å². The zero-order valence-corrected chi connectivity index (χ0v) is 25.3. The number of aliphatic hydroxyl groups is 2. The molecule has 2 nitrogen and oxygen atoms in total. The summed E-state index contributed by atoms with van der Waals surface area (Å²) >= 11 is 6.79. The van der Waals surface area contributed by atoms with Gasteiger partial charge in [-0.15, -0.1) is 0 Å². The molecule has 2 unspecified atom stereocenters. The van der Waals surface area contributed by atoms with Gasteiger partial charge in [0.25, 0.3) is 0 Å². The number of rotatable bonds is 4. The zero-order chi connectivity index (χ0) is 44.6. The summed E-state index contributed by atoms with van der Waals surface area (Å²) in [5.74, 6) is 0. The smallest absolute Gasteiger partial charge is 0.141 e. The molecule has 43 heavy (non-hydrogen) atoms. The lowest BCUT2D eigenvalue weighted by Crippen LogP contribution is -2.44. The van der Waals surface area contributed by atoms with Crippen molar-refractivity contribution in [2.75, 3.05) is 0 Å². The number of benzene rings is 6. The predicted octanol–water partition coefficient (Wildman–Crippen LogP) is 9.74. The first-order chi connectivity index (χ1) is 27.9. The summed E-state index contributed by atoms with van der Waals surface area (Å²) in [4.78, 5) is 0. The molecule has 4 heteroatoms. The van der Waals surface area contributed by atoms with Gasteiger partial charge >= 0.3 is 0 Å². The van der Waals surface area contributed by atoms with Gasteiger partial charge in [0.2, 0.25) is 0 Å². The molecule has 0 fully saturated rings. The van der Waals surface area contributed by atoms with Gasteiger partial charge in [-0.05, 0) is 87.3 Å². The fraction of sp³-hybridized carbons (Fsp3) is 0.0769. The van der Waals surface area contributed by atoms with Crippen molar-refractivity contribution in [3.8, 4) is 22.3 Å². The Balaban J connectivity index is 1.67. The third-order valence-corrected chi connectivity index (χ3v) is 8.48. The van der Waals surface area contributed by atoms with Crippen LogP contribution in [0.15, 0.2) is 148 Å². The summed E-state index contributed by atoms with van der Waals surface area (Å²) in [6, 6.07) is -4.80. The van der Waals surface area contributed by atoms with Crippen molar-refractivity contribution in [3.05, 3.63) is 187 Å². The molecule has 0 radical (unpaired) electrons. The van der Waals surface area contributed by atoms with Crippen LogP contribution in [0.5, 0.6) is 0 Å². The van der Waals surface area contributed by atoms with Gasteiger partial charge in [0, 0.05) is 20.1 Å². The highest BCUT2D eigenvalue weighted by atomic mass is 79.9. The van der Waals surface area contributed by atoms with E-state index in [1.807, 2.05) is 0 Å². The van der Waals surface area contributed by atoms with Crippen LogP contribution in [-0.2, 0) is 11.2 Å². The van der Waals surface area contributed by atoms with Gasteiger partial charge in [-0.1, -0.05) is 141 Å². The normalized spacial score (nSPS) is 24.5. The molecular formula is C39H28Br2O2. The molecule has 0 aliphatic heterocycles. The van der Waals surface area contributed by atoms with E-state index in [0.717, 1.165) is 0 Å². The zero-order valence-electron chi connectivity index (χ0n) is 39.1. The second-order valence-electron chi connectivity index (χ2n) is 9.80. The lowest BCUT2D eigenvalue weighted by molar-refractivity contribution is 0.0743. The molecular weight excluding hydrogens is 660 g/mol. The van der Waals surface area contributed by atoms with Crippen molar-refractivity contribution in [3.63, 3.8) is 0 Å². The molecule has 1 aliphatic rings. The number of halogens is 2. The van der Waals surface area contributed by atoms with Crippen molar-refractivity contribution >= 4 is 31.9 Å². The Morgan fingerprint density at radius 3 is 1.72 bits per heavy atom. The average Bonchev–Trinajstić information content (AvgIpc) is 3.20. The molecule has 0 saturated heterocycles. The molecule has 0 bridgehead atoms. The molecule has 0 spiro atoms. The van der Waals surface area contributed by atoms with Gasteiger partial charge in [0.15, 0.2) is 0 Å². The number of hydrogen-bond donors (Lipinski definition) is 2. The van der Waals surface area contributed by atoms with Crippen LogP contribution in [0.3, 0.4) is 0 Å². The summed E-state index contributed by atoms with van der Waals surface area (Å²) < 4.78 is 148. The van der Waals surface area contributed by atoms with E-state index in [-0.39, 0.29) is 43.4 Å². The second kappa shape index (κ2) is 10.7. The molecule has 1 aliphatic carbocycles. The van der Waals surface area contributed by atoms with Crippen molar-refractivity contribution in [1.82, 2.24) is 0 Å². The first kappa shape index (κ1) is 14.8. The molecule has 0 heterocycles. The van der Waals surface area contributed by atoms with E-state index < -0.39 is 136 Å². The predicted molar refractivity (Wildman–Crippen MR) is 181 cm³/mol. The fourth-order valence-corrected chi connectivity index (χ4v) is 6.29. The van der Waals surface area contributed by atoms with Gasteiger partial charge in [-0.2, -0.15) is 0 Å². The minimum Gasteiger partial charge on any atom is -0.376 e. The molecule has 210 valence electrons. The third kappa shape index (κ3) is 4.44. The average molecular weight is 706 g/mol. The van der Waals surface area contributed by atoms with E-state index in [1.54, 1.807) is 0 Å². The molecule has 6 aromatic rings. The fourth-order valence-electron chi connectivity index (χ4n) is 5.57. The van der Waals surface area contributed by atoms with Crippen LogP contribution in [0, 0.1) is 6.92 Å². The molecule has 2 N–H and O–H groups in total. The SMILES string of the molecule is [2H]c1c([2H])c([2H])c(-c2c([2H])c([2H])c([2H])c(C3(O)c4cc(Br)ccc4C(O)(c4c([2H])c([2H])c([2H])c(-c5c([2H])c([2H])c([2H])c([2H])c5[2H])c4C)c4cc(Br)ccc43)c2[2H])c([2H])c1[2H]. The van der Waals surface area contributed by atoms with Crippen LogP contribution in [0.2, 0.25) is 0 Å². The molecule has 6 aromatic carbocycles. The number of fused-ring (bicyclic) bond motifs is 2. The molecule has 0 aromatic heterocycles. The summed E-state index contributed by atoms with van der Waals surface area (Å²) in [6.45, 7) is 1.35. The summed E-state index contributed by atoms with van der Waals surface area (Å²) in [7, 11) is 0. The largest absolute Gasteiger partial charge is 0.376 e. The van der Waals surface area contributed by atoms with E-state index in [1.165, 1.54) is 43.3 Å². The summed E-state index contributed by atoms with van der Waals surface area (Å²) in [5.41, 5.74) is -9.55. The van der Waals surface area contributed by atoms with E-state index in [0.29, 0.717) is 4.47 Å². The van der Waals surface area contributed by atoms with Crippen molar-refractivity contribution in [2.45, 2.75) is 18.1 Å². The topological polar surface area (TPSA) is 40.5 Å². The van der Waals surface area contributed by atoms with Crippen LogP contribution in [0.4, 0.5) is 0 Å². The van der Waals surface area contributed by atoms with Crippen molar-refractivity contribution < 1.29 is 33.5 Å². The highest BCUT2D eigenvalue weighted by Crippen LogP contribution is 2.55. The quantitative estimate of drug-likeness (QED) is 0.192. The van der Waals surface area contributed by atoms with Crippen LogP contribution in [-0.4, -0.2) is 10.2 Å². The molecule has 0 saturated carbocycles. The van der Waals surface area contributed by atoms with Gasteiger partial charge < -0.3 is 10.2 Å². The lowest BCUT2D eigenvalue weighted by atomic mass is 9.62. The van der Waals surface area contributed by atoms with E-state index in [4.69, 9.17) is 19.2 Å². The Bertz CT molecular complexity index is 2690. The van der Waals surface area contributed by atoms with E-state index in [9.17, 15) is 14.3 Å².